The Balaban J connectivity index is 1.52. The molecule has 1 aliphatic rings. The Bertz CT molecular complexity index is 749. The molecule has 2 aromatic rings. The van der Waals surface area contributed by atoms with E-state index in [1.54, 1.807) is 19.2 Å². The van der Waals surface area contributed by atoms with E-state index in [9.17, 15) is 9.18 Å². The molecule has 0 spiro atoms. The number of carbonyl (C=O) groups is 1. The first-order valence-corrected chi connectivity index (χ1v) is 9.25. The number of nitrogens with one attached hydrogen (secondary N) is 1. The van der Waals surface area contributed by atoms with Crippen LogP contribution in [0.15, 0.2) is 42.5 Å². The highest BCUT2D eigenvalue weighted by Gasteiger charge is 2.26. The average molecular weight is 355 g/mol. The second-order valence-corrected chi connectivity index (χ2v) is 7.22. The van der Waals surface area contributed by atoms with Gasteiger partial charge in [0.2, 0.25) is 5.91 Å². The van der Waals surface area contributed by atoms with Crippen molar-refractivity contribution in [2.24, 2.45) is 5.92 Å². The van der Waals surface area contributed by atoms with Gasteiger partial charge in [-0.05, 0) is 85.9 Å². The SMILES string of the molecule is COc1cc(C)ccc1C1CCC(CC(=O)Nc2ccc(F)cc2)CC1. The molecule has 1 saturated carbocycles. The van der Waals surface area contributed by atoms with Crippen LogP contribution in [0.5, 0.6) is 5.75 Å². The van der Waals surface area contributed by atoms with Crippen LogP contribution in [0.4, 0.5) is 10.1 Å². The van der Waals surface area contributed by atoms with Crippen LogP contribution in [0.1, 0.15) is 49.1 Å². The lowest BCUT2D eigenvalue weighted by Gasteiger charge is -2.29. The van der Waals surface area contributed by atoms with Crippen LogP contribution < -0.4 is 10.1 Å². The van der Waals surface area contributed by atoms with E-state index in [0.717, 1.165) is 31.4 Å². The van der Waals surface area contributed by atoms with Gasteiger partial charge in [-0.1, -0.05) is 12.1 Å². The van der Waals surface area contributed by atoms with Crippen LogP contribution >= 0.6 is 0 Å². The summed E-state index contributed by atoms with van der Waals surface area (Å²) in [6.45, 7) is 2.07. The zero-order valence-corrected chi connectivity index (χ0v) is 15.4. The van der Waals surface area contributed by atoms with Gasteiger partial charge in [0.25, 0.3) is 0 Å². The number of hydrogen-bond acceptors (Lipinski definition) is 2. The Morgan fingerprint density at radius 2 is 1.81 bits per heavy atom. The topological polar surface area (TPSA) is 38.3 Å². The Labute approximate surface area is 154 Å². The summed E-state index contributed by atoms with van der Waals surface area (Å²) >= 11 is 0. The van der Waals surface area contributed by atoms with E-state index in [1.807, 2.05) is 0 Å². The van der Waals surface area contributed by atoms with Gasteiger partial charge in [-0.15, -0.1) is 0 Å². The number of rotatable bonds is 5. The number of aryl methyl sites for hydroxylation is 1. The van der Waals surface area contributed by atoms with E-state index in [1.165, 1.54) is 23.3 Å². The van der Waals surface area contributed by atoms with E-state index in [4.69, 9.17) is 4.74 Å². The van der Waals surface area contributed by atoms with Gasteiger partial charge in [-0.25, -0.2) is 4.39 Å². The molecule has 2 aromatic carbocycles. The predicted octanol–water partition coefficient (Wildman–Crippen LogP) is 5.45. The molecule has 1 fully saturated rings. The summed E-state index contributed by atoms with van der Waals surface area (Å²) in [4.78, 5) is 12.2. The van der Waals surface area contributed by atoms with E-state index >= 15 is 0 Å². The normalized spacial score (nSPS) is 19.8. The van der Waals surface area contributed by atoms with Gasteiger partial charge < -0.3 is 10.1 Å². The Hall–Kier alpha value is -2.36. The lowest BCUT2D eigenvalue weighted by atomic mass is 9.77. The van der Waals surface area contributed by atoms with Gasteiger partial charge >= 0.3 is 0 Å². The van der Waals surface area contributed by atoms with Crippen LogP contribution in [-0.2, 0) is 4.79 Å². The molecule has 138 valence electrons. The summed E-state index contributed by atoms with van der Waals surface area (Å²) in [5.41, 5.74) is 3.14. The monoisotopic (exact) mass is 355 g/mol. The standard InChI is InChI=1S/C22H26FNO2/c1-15-3-12-20(21(13-15)26-2)17-6-4-16(5-7-17)14-22(25)24-19-10-8-18(23)9-11-19/h3,8-13,16-17H,4-7,14H2,1-2H3,(H,24,25). The molecule has 1 amide bonds. The summed E-state index contributed by atoms with van der Waals surface area (Å²) in [5, 5.41) is 2.86. The molecule has 3 rings (SSSR count). The minimum atomic E-state index is -0.298. The van der Waals surface area contributed by atoms with Crippen molar-refractivity contribution in [2.75, 3.05) is 12.4 Å². The van der Waals surface area contributed by atoms with E-state index in [-0.39, 0.29) is 11.7 Å². The fraction of sp³-hybridized carbons (Fsp3) is 0.409. The third-order valence-corrected chi connectivity index (χ3v) is 5.28. The number of methoxy groups -OCH3 is 1. The van der Waals surface area contributed by atoms with Crippen molar-refractivity contribution in [2.45, 2.75) is 44.9 Å². The van der Waals surface area contributed by atoms with Gasteiger partial charge in [0, 0.05) is 12.1 Å². The molecule has 0 bridgehead atoms. The second kappa shape index (κ2) is 8.35. The summed E-state index contributed by atoms with van der Waals surface area (Å²) in [7, 11) is 1.73. The van der Waals surface area contributed by atoms with Gasteiger partial charge in [0.1, 0.15) is 11.6 Å². The lowest BCUT2D eigenvalue weighted by molar-refractivity contribution is -0.117. The first kappa shape index (κ1) is 18.4. The highest BCUT2D eigenvalue weighted by molar-refractivity contribution is 5.90. The highest BCUT2D eigenvalue weighted by atomic mass is 19.1. The molecule has 0 heterocycles. The molecular weight excluding hydrogens is 329 g/mol. The van der Waals surface area contributed by atoms with Crippen LogP contribution in [0.3, 0.4) is 0 Å². The molecule has 0 unspecified atom stereocenters. The molecule has 26 heavy (non-hydrogen) atoms. The molecule has 0 aromatic heterocycles. The summed E-state index contributed by atoms with van der Waals surface area (Å²) in [5.74, 6) is 1.59. The molecule has 0 radical (unpaired) electrons. The van der Waals surface area contributed by atoms with Crippen LogP contribution in [0.25, 0.3) is 0 Å². The van der Waals surface area contributed by atoms with Crippen molar-refractivity contribution in [3.63, 3.8) is 0 Å². The van der Waals surface area contributed by atoms with Crippen molar-refractivity contribution >= 4 is 11.6 Å². The first-order valence-electron chi connectivity index (χ1n) is 9.25. The van der Waals surface area contributed by atoms with Crippen LogP contribution in [0, 0.1) is 18.7 Å². The summed E-state index contributed by atoms with van der Waals surface area (Å²) < 4.78 is 18.5. The van der Waals surface area contributed by atoms with Gasteiger partial charge in [-0.3, -0.25) is 4.79 Å². The molecule has 0 atom stereocenters. The number of amides is 1. The van der Waals surface area contributed by atoms with E-state index in [2.05, 4.69) is 30.4 Å². The third kappa shape index (κ3) is 4.63. The minimum absolute atomic E-state index is 0.00738. The average Bonchev–Trinajstić information content (AvgIpc) is 2.64. The Kier molecular flexibility index (Phi) is 5.92. The maximum absolute atomic E-state index is 12.9. The fourth-order valence-corrected chi connectivity index (χ4v) is 3.84. The molecule has 0 aliphatic heterocycles. The number of halogens is 1. The molecule has 4 heteroatoms. The second-order valence-electron chi connectivity index (χ2n) is 7.22. The van der Waals surface area contributed by atoms with Crippen LogP contribution in [-0.4, -0.2) is 13.0 Å². The van der Waals surface area contributed by atoms with Crippen molar-refractivity contribution in [3.8, 4) is 5.75 Å². The molecule has 3 nitrogen and oxygen atoms in total. The maximum atomic E-state index is 12.9. The predicted molar refractivity (Wildman–Crippen MR) is 102 cm³/mol. The number of hydrogen-bond donors (Lipinski definition) is 1. The molecule has 0 saturated heterocycles. The molecule has 1 aliphatic carbocycles. The molecular formula is C22H26FNO2. The van der Waals surface area contributed by atoms with Crippen molar-refractivity contribution in [1.82, 2.24) is 0 Å². The highest BCUT2D eigenvalue weighted by Crippen LogP contribution is 2.40. The van der Waals surface area contributed by atoms with Crippen molar-refractivity contribution in [3.05, 3.63) is 59.4 Å². The quantitative estimate of drug-likeness (QED) is 0.775. The lowest BCUT2D eigenvalue weighted by Crippen LogP contribution is -2.20. The number of benzene rings is 2. The maximum Gasteiger partial charge on any atom is 0.224 e. The Morgan fingerprint density at radius 3 is 2.46 bits per heavy atom. The van der Waals surface area contributed by atoms with E-state index in [0.29, 0.717) is 23.9 Å². The van der Waals surface area contributed by atoms with Crippen LogP contribution in [0.2, 0.25) is 0 Å². The first-order chi connectivity index (χ1) is 12.5. The number of carbonyl (C=O) groups excluding carboxylic acids is 1. The Morgan fingerprint density at radius 1 is 1.12 bits per heavy atom. The smallest absolute Gasteiger partial charge is 0.224 e. The number of ether oxygens (including phenoxy) is 1. The zero-order chi connectivity index (χ0) is 18.5. The van der Waals surface area contributed by atoms with Gasteiger partial charge in [0.05, 0.1) is 7.11 Å². The molecule has 1 N–H and O–H groups in total. The van der Waals surface area contributed by atoms with Gasteiger partial charge in [0.15, 0.2) is 0 Å². The minimum Gasteiger partial charge on any atom is -0.496 e. The largest absolute Gasteiger partial charge is 0.496 e. The van der Waals surface area contributed by atoms with Crippen molar-refractivity contribution < 1.29 is 13.9 Å². The number of anilines is 1. The van der Waals surface area contributed by atoms with Crippen molar-refractivity contribution in [1.29, 1.82) is 0 Å². The van der Waals surface area contributed by atoms with E-state index < -0.39 is 0 Å². The van der Waals surface area contributed by atoms with Gasteiger partial charge in [-0.2, -0.15) is 0 Å². The third-order valence-electron chi connectivity index (χ3n) is 5.28. The summed E-state index contributed by atoms with van der Waals surface area (Å²) in [6, 6.07) is 12.3. The fourth-order valence-electron chi connectivity index (χ4n) is 3.84. The zero-order valence-electron chi connectivity index (χ0n) is 15.4. The summed E-state index contributed by atoms with van der Waals surface area (Å²) in [6.07, 6.45) is 4.76.